The number of carbonyl (C=O) groups excluding carboxylic acids is 1. The molecule has 4 nitrogen and oxygen atoms in total. The van der Waals surface area contributed by atoms with Crippen molar-refractivity contribution < 1.29 is 13.9 Å². The van der Waals surface area contributed by atoms with Gasteiger partial charge in [-0.1, -0.05) is 34.5 Å². The third kappa shape index (κ3) is 2.88. The van der Waals surface area contributed by atoms with Crippen molar-refractivity contribution in [2.24, 2.45) is 0 Å². The number of halogens is 2. The molecule has 0 unspecified atom stereocenters. The van der Waals surface area contributed by atoms with Crippen LogP contribution in [0.5, 0.6) is 5.75 Å². The van der Waals surface area contributed by atoms with Crippen LogP contribution in [-0.4, -0.2) is 5.97 Å². The number of hydrogen-bond acceptors (Lipinski definition) is 5. The molecular weight excluding hydrogens is 347 g/mol. The van der Waals surface area contributed by atoms with Gasteiger partial charge in [-0.2, -0.15) is 0 Å². The molecule has 3 rings (SSSR count). The number of esters is 1. The average molecular weight is 355 g/mol. The fourth-order valence-electron chi connectivity index (χ4n) is 2.08. The van der Waals surface area contributed by atoms with Crippen molar-refractivity contribution in [1.82, 2.24) is 0 Å². The molecule has 0 N–H and O–H groups in total. The van der Waals surface area contributed by atoms with Gasteiger partial charge in [0, 0.05) is 34.2 Å². The van der Waals surface area contributed by atoms with Crippen LogP contribution in [0.2, 0.25) is 10.0 Å². The summed E-state index contributed by atoms with van der Waals surface area (Å²) in [6, 6.07) is 8.14. The minimum absolute atomic E-state index is 0.308. The lowest BCUT2D eigenvalue weighted by Gasteiger charge is -2.08. The van der Waals surface area contributed by atoms with Crippen molar-refractivity contribution in [3.8, 4) is 16.9 Å². The van der Waals surface area contributed by atoms with E-state index in [0.29, 0.717) is 37.2 Å². The van der Waals surface area contributed by atoms with E-state index in [1.165, 1.54) is 6.92 Å². The first-order valence-corrected chi connectivity index (χ1v) is 7.73. The molecule has 0 bridgehead atoms. The lowest BCUT2D eigenvalue weighted by atomic mass is 10.0. The lowest BCUT2D eigenvalue weighted by Crippen LogP contribution is -2.01. The molecule has 0 aliphatic rings. The largest absolute Gasteiger partial charge is 0.427 e. The maximum Gasteiger partial charge on any atom is 0.396 e. The molecule has 0 atom stereocenters. The molecule has 22 heavy (non-hydrogen) atoms. The summed E-state index contributed by atoms with van der Waals surface area (Å²) < 4.78 is 10.9. The van der Waals surface area contributed by atoms with Crippen LogP contribution in [0.15, 0.2) is 39.5 Å². The summed E-state index contributed by atoms with van der Waals surface area (Å²) in [5.74, 6) is -0.151. The molecule has 1 heterocycles. The average Bonchev–Trinajstić information content (AvgIpc) is 2.80. The van der Waals surface area contributed by atoms with Gasteiger partial charge in [-0.15, -0.1) is 0 Å². The zero-order valence-electron chi connectivity index (χ0n) is 11.2. The quantitative estimate of drug-likeness (QED) is 0.492. The molecule has 0 amide bonds. The molecule has 112 valence electrons. The van der Waals surface area contributed by atoms with Gasteiger partial charge in [0.15, 0.2) is 5.58 Å². The molecule has 0 radical (unpaired) electrons. The Morgan fingerprint density at radius 1 is 1.18 bits per heavy atom. The fourth-order valence-corrected chi connectivity index (χ4v) is 3.20. The molecule has 1 aromatic heterocycles. The van der Waals surface area contributed by atoms with Gasteiger partial charge in [-0.05, 0) is 24.3 Å². The Kier molecular flexibility index (Phi) is 3.95. The smallest absolute Gasteiger partial charge is 0.396 e. The first kappa shape index (κ1) is 15.1. The zero-order valence-corrected chi connectivity index (χ0v) is 13.5. The van der Waals surface area contributed by atoms with Crippen LogP contribution >= 0.6 is 34.5 Å². The van der Waals surface area contributed by atoms with Gasteiger partial charge < -0.3 is 9.15 Å². The number of fused-ring (bicyclic) bond motifs is 1. The number of ether oxygens (including phenoxy) is 1. The SMILES string of the molecule is CC(=O)Oc1cc(-c2cc(Cl)ccc2Cl)c2oc(=O)sc2c1. The molecule has 0 fully saturated rings. The minimum Gasteiger partial charge on any atom is -0.427 e. The number of benzene rings is 2. The zero-order chi connectivity index (χ0) is 15.9. The Morgan fingerprint density at radius 2 is 1.95 bits per heavy atom. The maximum absolute atomic E-state index is 11.5. The standard InChI is InChI=1S/C15H8Cl2O4S/c1-7(18)20-9-5-11(10-4-8(16)2-3-12(10)17)14-13(6-9)22-15(19)21-14/h2-6H,1H3. The number of hydrogen-bond donors (Lipinski definition) is 0. The molecule has 2 aromatic carbocycles. The fraction of sp³-hybridized carbons (Fsp3) is 0.0667. The van der Waals surface area contributed by atoms with Crippen molar-refractivity contribution in [3.63, 3.8) is 0 Å². The molecule has 7 heteroatoms. The second kappa shape index (κ2) is 5.76. The van der Waals surface area contributed by atoms with Gasteiger partial charge in [0.05, 0.1) is 4.70 Å². The first-order chi connectivity index (χ1) is 10.4. The monoisotopic (exact) mass is 354 g/mol. The predicted octanol–water partition coefficient (Wildman–Crippen LogP) is 4.75. The first-order valence-electron chi connectivity index (χ1n) is 6.15. The second-order valence-corrected chi connectivity index (χ2v) is 6.29. The van der Waals surface area contributed by atoms with Gasteiger partial charge in [0.1, 0.15) is 5.75 Å². The van der Waals surface area contributed by atoms with E-state index in [0.717, 1.165) is 11.3 Å². The highest BCUT2D eigenvalue weighted by Crippen LogP contribution is 2.38. The number of rotatable bonds is 2. The van der Waals surface area contributed by atoms with Gasteiger partial charge in [0.25, 0.3) is 0 Å². The summed E-state index contributed by atoms with van der Waals surface area (Å²) in [7, 11) is 0. The summed E-state index contributed by atoms with van der Waals surface area (Å²) in [5, 5.41) is 0.933. The van der Waals surface area contributed by atoms with Crippen LogP contribution in [-0.2, 0) is 4.79 Å². The summed E-state index contributed by atoms with van der Waals surface area (Å²) in [5.41, 5.74) is 1.52. The predicted molar refractivity (Wildman–Crippen MR) is 87.1 cm³/mol. The van der Waals surface area contributed by atoms with E-state index in [1.807, 2.05) is 0 Å². The Morgan fingerprint density at radius 3 is 2.68 bits per heavy atom. The van der Waals surface area contributed by atoms with Crippen LogP contribution in [0.4, 0.5) is 0 Å². The van der Waals surface area contributed by atoms with Gasteiger partial charge in [-0.3, -0.25) is 4.79 Å². The van der Waals surface area contributed by atoms with E-state index in [-0.39, 0.29) is 0 Å². The van der Waals surface area contributed by atoms with Crippen molar-refractivity contribution in [2.45, 2.75) is 6.92 Å². The van der Waals surface area contributed by atoms with E-state index in [9.17, 15) is 9.59 Å². The number of carbonyl (C=O) groups is 1. The Labute approximate surface area is 138 Å². The van der Waals surface area contributed by atoms with E-state index < -0.39 is 10.9 Å². The third-order valence-electron chi connectivity index (χ3n) is 2.89. The lowest BCUT2D eigenvalue weighted by molar-refractivity contribution is -0.131. The summed E-state index contributed by atoms with van der Waals surface area (Å²) >= 11 is 13.1. The highest BCUT2D eigenvalue weighted by molar-refractivity contribution is 7.16. The van der Waals surface area contributed by atoms with E-state index in [2.05, 4.69) is 0 Å². The highest BCUT2D eigenvalue weighted by atomic mass is 35.5. The molecule has 0 spiro atoms. The van der Waals surface area contributed by atoms with Crippen molar-refractivity contribution in [3.05, 3.63) is 50.1 Å². The minimum atomic E-state index is -0.460. The summed E-state index contributed by atoms with van der Waals surface area (Å²) in [4.78, 5) is 22.3. The topological polar surface area (TPSA) is 56.5 Å². The van der Waals surface area contributed by atoms with Gasteiger partial charge >= 0.3 is 10.9 Å². The van der Waals surface area contributed by atoms with E-state index in [1.54, 1.807) is 30.3 Å². The van der Waals surface area contributed by atoms with Crippen molar-refractivity contribution in [1.29, 1.82) is 0 Å². The van der Waals surface area contributed by atoms with Crippen LogP contribution in [0.25, 0.3) is 21.4 Å². The van der Waals surface area contributed by atoms with E-state index >= 15 is 0 Å². The van der Waals surface area contributed by atoms with E-state index in [4.69, 9.17) is 32.4 Å². The van der Waals surface area contributed by atoms with Crippen molar-refractivity contribution in [2.75, 3.05) is 0 Å². The Bertz CT molecular complexity index is 942. The Hall–Kier alpha value is -1.82. The maximum atomic E-state index is 11.5. The van der Waals surface area contributed by atoms with Crippen molar-refractivity contribution >= 4 is 50.8 Å². The molecule has 0 saturated heterocycles. The van der Waals surface area contributed by atoms with Crippen LogP contribution in [0.3, 0.4) is 0 Å². The van der Waals surface area contributed by atoms with Gasteiger partial charge in [-0.25, -0.2) is 4.79 Å². The van der Waals surface area contributed by atoms with Crippen LogP contribution < -0.4 is 9.68 Å². The van der Waals surface area contributed by atoms with Gasteiger partial charge in [0.2, 0.25) is 0 Å². The Balaban J connectivity index is 2.32. The molecular formula is C15H8Cl2O4S. The second-order valence-electron chi connectivity index (χ2n) is 4.47. The highest BCUT2D eigenvalue weighted by Gasteiger charge is 2.16. The molecule has 0 saturated carbocycles. The molecule has 0 aliphatic carbocycles. The summed E-state index contributed by atoms with van der Waals surface area (Å²) in [6.07, 6.45) is 0. The normalized spacial score (nSPS) is 10.9. The summed E-state index contributed by atoms with van der Waals surface area (Å²) in [6.45, 7) is 1.30. The van der Waals surface area contributed by atoms with Crippen LogP contribution in [0.1, 0.15) is 6.92 Å². The molecule has 0 aliphatic heterocycles. The molecule has 3 aromatic rings. The van der Waals surface area contributed by atoms with Crippen LogP contribution in [0, 0.1) is 0 Å². The third-order valence-corrected chi connectivity index (χ3v) is 4.23.